The lowest BCUT2D eigenvalue weighted by Gasteiger charge is -2.18. The molecule has 4 aromatic rings. The van der Waals surface area contributed by atoms with Crippen molar-refractivity contribution in [2.75, 3.05) is 0 Å². The third kappa shape index (κ3) is 4.61. The fourth-order valence-corrected chi connectivity index (χ4v) is 8.01. The zero-order valence-corrected chi connectivity index (χ0v) is 24.4. The van der Waals surface area contributed by atoms with Crippen molar-refractivity contribution in [2.45, 2.75) is 61.9 Å². The maximum absolute atomic E-state index is 13.5. The van der Waals surface area contributed by atoms with Crippen molar-refractivity contribution in [3.8, 4) is 22.5 Å². The van der Waals surface area contributed by atoms with Crippen molar-refractivity contribution >= 4 is 42.3 Å². The van der Waals surface area contributed by atoms with E-state index in [1.54, 1.807) is 27.1 Å². The number of aryl methyl sites for hydroxylation is 1. The monoisotopic (exact) mass is 623 g/mol. The molecule has 41 heavy (non-hydrogen) atoms. The largest absolute Gasteiger partial charge is 0.291 e. The van der Waals surface area contributed by atoms with Crippen molar-refractivity contribution < 1.29 is 25.6 Å². The van der Waals surface area contributed by atoms with Gasteiger partial charge in [0.15, 0.2) is 10.0 Å². The van der Waals surface area contributed by atoms with Crippen LogP contribution < -0.4 is 4.72 Å². The molecule has 4 heterocycles. The molecule has 3 aromatic heterocycles. The first-order valence-corrected chi connectivity index (χ1v) is 16.2. The van der Waals surface area contributed by atoms with Crippen molar-refractivity contribution in [2.24, 2.45) is 7.05 Å². The number of nitriles is 1. The molecule has 0 saturated heterocycles. The van der Waals surface area contributed by atoms with Crippen LogP contribution in [0.15, 0.2) is 23.2 Å². The molecule has 13 nitrogen and oxygen atoms in total. The molecule has 0 bridgehead atoms. The fourth-order valence-electron chi connectivity index (χ4n) is 4.68. The Balaban J connectivity index is 1.51. The summed E-state index contributed by atoms with van der Waals surface area (Å²) in [5, 5.41) is 25.2. The topological polar surface area (TPSA) is 169 Å². The van der Waals surface area contributed by atoms with E-state index in [9.17, 15) is 30.9 Å². The van der Waals surface area contributed by atoms with Crippen LogP contribution in [0.4, 0.5) is 8.78 Å². The summed E-state index contributed by atoms with van der Waals surface area (Å²) in [6.45, 7) is 3.38. The Morgan fingerprint density at radius 2 is 1.85 bits per heavy atom. The lowest BCUT2D eigenvalue weighted by atomic mass is 10.2. The average Bonchev–Trinajstić information content (AvgIpc) is 3.31. The molecule has 0 amide bonds. The number of halogens is 2. The van der Waals surface area contributed by atoms with Crippen LogP contribution in [-0.4, -0.2) is 61.7 Å². The molecule has 1 N–H and O–H groups in total. The predicted octanol–water partition coefficient (Wildman–Crippen LogP) is 2.60. The highest BCUT2D eigenvalue weighted by molar-refractivity contribution is 7.89. The summed E-state index contributed by atoms with van der Waals surface area (Å²) < 4.78 is 85.5. The first kappa shape index (κ1) is 27.8. The molecule has 6 rings (SSSR count). The number of fused-ring (bicyclic) bond motifs is 2. The molecule has 0 unspecified atom stereocenters. The summed E-state index contributed by atoms with van der Waals surface area (Å²) in [5.74, 6) is 0. The van der Waals surface area contributed by atoms with E-state index in [2.05, 4.69) is 25.1 Å². The van der Waals surface area contributed by atoms with E-state index in [4.69, 9.17) is 0 Å². The second kappa shape index (κ2) is 9.32. The van der Waals surface area contributed by atoms with Gasteiger partial charge in [0.05, 0.1) is 39.7 Å². The molecule has 216 valence electrons. The van der Waals surface area contributed by atoms with E-state index in [0.29, 0.717) is 52.0 Å². The third-order valence-corrected chi connectivity index (χ3v) is 11.7. The average molecular weight is 624 g/mol. The highest BCUT2D eigenvalue weighted by atomic mass is 32.2. The number of aromatic nitrogens is 6. The van der Waals surface area contributed by atoms with Gasteiger partial charge in [-0.15, -0.1) is 10.2 Å². The van der Waals surface area contributed by atoms with E-state index in [1.165, 1.54) is 25.8 Å². The van der Waals surface area contributed by atoms with Crippen molar-refractivity contribution in [3.05, 3.63) is 34.6 Å². The van der Waals surface area contributed by atoms with Crippen LogP contribution in [0, 0.1) is 11.3 Å². The Kier molecular flexibility index (Phi) is 6.32. The standard InChI is InChI=1S/C23H23F2N9O4S3/c1-12(2)41(37,38)33-8-13-9-34(29-16(13)10-33)17-7-14(40(35,36)31-23(11-26)4-5-23)6-15-18(30-32(3)19(15)17)21-27-28-22(39-21)20(24)25/h6-7,9,12,20,31H,4-5,8,10H2,1-3H3. The van der Waals surface area contributed by atoms with Gasteiger partial charge in [-0.05, 0) is 38.8 Å². The van der Waals surface area contributed by atoms with E-state index in [-0.39, 0.29) is 28.7 Å². The fraction of sp³-hybridized carbons (Fsp3) is 0.435. The molecule has 2 aliphatic rings. The predicted molar refractivity (Wildman–Crippen MR) is 143 cm³/mol. The molecular formula is C23H23F2N9O4S3. The minimum absolute atomic E-state index is 0.0635. The molecule has 0 radical (unpaired) electrons. The number of rotatable bonds is 8. The normalized spacial score (nSPS) is 17.0. The number of hydrogen-bond acceptors (Lipinski definition) is 10. The summed E-state index contributed by atoms with van der Waals surface area (Å²) in [4.78, 5) is -0.186. The zero-order valence-electron chi connectivity index (χ0n) is 21.9. The minimum atomic E-state index is -4.21. The number of alkyl halides is 2. The van der Waals surface area contributed by atoms with Gasteiger partial charge >= 0.3 is 0 Å². The number of benzene rings is 1. The van der Waals surface area contributed by atoms with E-state index >= 15 is 0 Å². The van der Waals surface area contributed by atoms with Gasteiger partial charge in [0.25, 0.3) is 6.43 Å². The van der Waals surface area contributed by atoms with Gasteiger partial charge in [-0.3, -0.25) is 4.68 Å². The maximum Gasteiger partial charge on any atom is 0.291 e. The Bertz CT molecular complexity index is 1950. The Morgan fingerprint density at radius 3 is 2.44 bits per heavy atom. The van der Waals surface area contributed by atoms with Crippen LogP contribution in [0.5, 0.6) is 0 Å². The maximum atomic E-state index is 13.5. The van der Waals surface area contributed by atoms with Crippen LogP contribution in [0.3, 0.4) is 0 Å². The Morgan fingerprint density at radius 1 is 1.12 bits per heavy atom. The lowest BCUT2D eigenvalue weighted by molar-refractivity contribution is 0.150. The van der Waals surface area contributed by atoms with Crippen molar-refractivity contribution in [3.63, 3.8) is 0 Å². The van der Waals surface area contributed by atoms with Gasteiger partial charge < -0.3 is 0 Å². The second-order valence-electron chi connectivity index (χ2n) is 10.3. The van der Waals surface area contributed by atoms with Crippen LogP contribution in [0.25, 0.3) is 27.3 Å². The molecule has 0 spiro atoms. The van der Waals surface area contributed by atoms with Crippen LogP contribution >= 0.6 is 11.3 Å². The highest BCUT2D eigenvalue weighted by Crippen LogP contribution is 2.39. The molecule has 1 aliphatic heterocycles. The molecule has 1 aliphatic carbocycles. The first-order chi connectivity index (χ1) is 19.2. The van der Waals surface area contributed by atoms with E-state index in [1.807, 2.05) is 6.07 Å². The van der Waals surface area contributed by atoms with Gasteiger partial charge in [-0.25, -0.2) is 30.3 Å². The molecule has 18 heteroatoms. The summed E-state index contributed by atoms with van der Waals surface area (Å²) in [6, 6.07) is 4.74. The summed E-state index contributed by atoms with van der Waals surface area (Å²) in [6.07, 6.45) is -0.454. The van der Waals surface area contributed by atoms with Crippen LogP contribution in [0.2, 0.25) is 0 Å². The van der Waals surface area contributed by atoms with Gasteiger partial charge in [0, 0.05) is 30.7 Å². The van der Waals surface area contributed by atoms with Crippen molar-refractivity contribution in [1.82, 2.24) is 38.8 Å². The van der Waals surface area contributed by atoms with Crippen molar-refractivity contribution in [1.29, 1.82) is 5.26 Å². The summed E-state index contributed by atoms with van der Waals surface area (Å²) in [7, 11) is -6.11. The Labute approximate surface area is 237 Å². The summed E-state index contributed by atoms with van der Waals surface area (Å²) in [5.41, 5.74) is 0.876. The van der Waals surface area contributed by atoms with Gasteiger partial charge in [-0.2, -0.15) is 24.5 Å². The summed E-state index contributed by atoms with van der Waals surface area (Å²) >= 11 is 0.644. The van der Waals surface area contributed by atoms with Crippen LogP contribution in [-0.2, 0) is 40.2 Å². The van der Waals surface area contributed by atoms with Gasteiger partial charge in [-0.1, -0.05) is 11.3 Å². The molecule has 0 atom stereocenters. The number of nitrogens with zero attached hydrogens (tertiary/aromatic N) is 8. The third-order valence-electron chi connectivity index (χ3n) is 7.08. The van der Waals surface area contributed by atoms with E-state index in [0.717, 1.165) is 0 Å². The first-order valence-electron chi connectivity index (χ1n) is 12.4. The lowest BCUT2D eigenvalue weighted by Crippen LogP contribution is -2.35. The van der Waals surface area contributed by atoms with E-state index < -0.39 is 42.3 Å². The molecule has 1 fully saturated rings. The smallest absolute Gasteiger partial charge is 0.265 e. The zero-order chi connectivity index (χ0) is 29.5. The second-order valence-corrected chi connectivity index (χ2v) is 15.4. The SMILES string of the molecule is CC(C)S(=O)(=O)N1Cc2cn(-c3cc(S(=O)(=O)NC4(C#N)CC4)cc4c(-c5nnc(C(F)F)s5)nn(C)c34)nc2C1. The number of hydrogen-bond donors (Lipinski definition) is 1. The number of sulfonamides is 2. The molecular weight excluding hydrogens is 601 g/mol. The highest BCUT2D eigenvalue weighted by Gasteiger charge is 2.47. The van der Waals surface area contributed by atoms with Gasteiger partial charge in [0.2, 0.25) is 20.0 Å². The minimum Gasteiger partial charge on any atom is -0.265 e. The molecule has 1 saturated carbocycles. The Hall–Kier alpha value is -3.37. The molecule has 1 aromatic carbocycles. The number of nitrogens with one attached hydrogen (secondary N) is 1. The quantitative estimate of drug-likeness (QED) is 0.310. The van der Waals surface area contributed by atoms with Crippen LogP contribution in [0.1, 0.15) is 49.4 Å². The van der Waals surface area contributed by atoms with Gasteiger partial charge in [0.1, 0.15) is 11.2 Å².